The Morgan fingerprint density at radius 1 is 0.968 bits per heavy atom. The molecule has 1 aliphatic heterocycles. The highest BCUT2D eigenvalue weighted by molar-refractivity contribution is 7.99. The first-order valence-electron chi connectivity index (χ1n) is 21.6. The lowest BCUT2D eigenvalue weighted by Gasteiger charge is -2.45. The molecule has 0 spiro atoms. The van der Waals surface area contributed by atoms with Crippen LogP contribution in [-0.2, 0) is 16.0 Å². The monoisotopic (exact) mass is 885 g/mol. The topological polar surface area (TPSA) is 150 Å². The van der Waals surface area contributed by atoms with Gasteiger partial charge in [-0.15, -0.1) is 16.4 Å². The molecule has 1 aliphatic carbocycles. The average Bonchev–Trinajstić information content (AvgIpc) is 3.67. The number of carbonyl (C=O) groups excluding carboxylic acids is 3. The predicted molar refractivity (Wildman–Crippen MR) is 251 cm³/mol. The van der Waals surface area contributed by atoms with Gasteiger partial charge in [0.2, 0.25) is 17.0 Å². The van der Waals surface area contributed by atoms with Gasteiger partial charge in [-0.3, -0.25) is 19.5 Å². The maximum Gasteiger partial charge on any atom is 0.253 e. The fourth-order valence-corrected chi connectivity index (χ4v) is 9.77. The van der Waals surface area contributed by atoms with Crippen LogP contribution in [0.15, 0.2) is 107 Å². The average molecular weight is 886 g/mol. The summed E-state index contributed by atoms with van der Waals surface area (Å²) < 4.78 is 8.14. The molecule has 15 heteroatoms. The van der Waals surface area contributed by atoms with Crippen LogP contribution in [0.5, 0.6) is 5.75 Å². The summed E-state index contributed by atoms with van der Waals surface area (Å²) >= 11 is 2.82. The van der Waals surface area contributed by atoms with Crippen molar-refractivity contribution in [3.63, 3.8) is 0 Å². The van der Waals surface area contributed by atoms with Crippen molar-refractivity contribution in [2.45, 2.75) is 76.4 Å². The molecule has 2 fully saturated rings. The van der Waals surface area contributed by atoms with E-state index in [2.05, 4.69) is 57.6 Å². The van der Waals surface area contributed by atoms with Crippen LogP contribution in [0.4, 0.5) is 11.5 Å². The van der Waals surface area contributed by atoms with Crippen molar-refractivity contribution in [3.8, 4) is 11.4 Å². The van der Waals surface area contributed by atoms with Crippen LogP contribution in [0.2, 0.25) is 0 Å². The maximum absolute atomic E-state index is 15.0. The van der Waals surface area contributed by atoms with Crippen LogP contribution in [-0.4, -0.2) is 92.2 Å². The number of fused-ring (bicyclic) bond motifs is 1. The van der Waals surface area contributed by atoms with Crippen molar-refractivity contribution in [3.05, 3.63) is 119 Å². The number of anilines is 2. The van der Waals surface area contributed by atoms with Gasteiger partial charge in [0, 0.05) is 65.7 Å². The third-order valence-corrected chi connectivity index (χ3v) is 14.1. The van der Waals surface area contributed by atoms with Gasteiger partial charge >= 0.3 is 0 Å². The highest BCUT2D eigenvalue weighted by atomic mass is 32.2. The molecule has 13 nitrogen and oxygen atoms in total. The Labute approximate surface area is 376 Å². The van der Waals surface area contributed by atoms with Gasteiger partial charge in [0.1, 0.15) is 22.9 Å². The highest BCUT2D eigenvalue weighted by Gasteiger charge is 2.46. The van der Waals surface area contributed by atoms with Crippen molar-refractivity contribution in [2.24, 2.45) is 5.41 Å². The molecular formula is C48H55N9O4S2. The van der Waals surface area contributed by atoms with Gasteiger partial charge in [-0.2, -0.15) is 5.10 Å². The molecule has 3 amide bonds. The molecule has 0 radical (unpaired) electrons. The van der Waals surface area contributed by atoms with Gasteiger partial charge in [0.25, 0.3) is 5.91 Å². The van der Waals surface area contributed by atoms with Crippen molar-refractivity contribution >= 4 is 62.4 Å². The van der Waals surface area contributed by atoms with Crippen LogP contribution in [0.25, 0.3) is 15.8 Å². The zero-order valence-electron chi connectivity index (χ0n) is 36.5. The number of methoxy groups -OCH3 is 1. The molecule has 1 unspecified atom stereocenters. The number of amides is 3. The van der Waals surface area contributed by atoms with E-state index in [-0.39, 0.29) is 23.5 Å². The number of aromatic amines is 1. The van der Waals surface area contributed by atoms with E-state index in [0.717, 1.165) is 57.1 Å². The van der Waals surface area contributed by atoms with Crippen LogP contribution in [0, 0.1) is 5.41 Å². The molecule has 1 saturated carbocycles. The smallest absolute Gasteiger partial charge is 0.253 e. The van der Waals surface area contributed by atoms with E-state index in [1.807, 2.05) is 102 Å². The standard InChI is InChI=1S/C48H55N9O4S2/c1-6-48(51-44(59)39-29-62-40-15-11-10-14-38(39)40,45(60)56-26-24-55(25-27-56)35-20-22-37(61-5)23-21-35)31-47(3,4)32(2)16-19-34-28-41(57(54-34)36-12-8-7-9-13-36)49-42(58)30-63-46-50-43(52-53-46)33-17-18-33/h7-16,20-23,28-29,33H,6,17-19,24-27,30-31H2,1-5H3,(H,49,58)(H,51,59)(H,50,52,53)/b32-16-. The molecule has 63 heavy (non-hydrogen) atoms. The Kier molecular flexibility index (Phi) is 13.1. The van der Waals surface area contributed by atoms with Gasteiger partial charge in [0.05, 0.1) is 29.8 Å². The first-order valence-corrected chi connectivity index (χ1v) is 23.5. The van der Waals surface area contributed by atoms with E-state index in [1.165, 1.54) is 23.1 Å². The number of rotatable bonds is 17. The van der Waals surface area contributed by atoms with Crippen LogP contribution >= 0.6 is 23.1 Å². The summed E-state index contributed by atoms with van der Waals surface area (Å²) in [6.07, 6.45) is 5.67. The summed E-state index contributed by atoms with van der Waals surface area (Å²) in [6, 6.07) is 27.5. The number of carbonyl (C=O) groups is 3. The lowest BCUT2D eigenvalue weighted by molar-refractivity contribution is -0.139. The fraction of sp³-hybridized carbons (Fsp3) is 0.375. The Morgan fingerprint density at radius 2 is 1.70 bits per heavy atom. The number of ether oxygens (including phenoxy) is 1. The second kappa shape index (κ2) is 18.8. The normalized spacial score (nSPS) is 15.6. The van der Waals surface area contributed by atoms with Crippen molar-refractivity contribution < 1.29 is 19.1 Å². The Hall–Kier alpha value is -5.93. The molecule has 3 aromatic carbocycles. The Bertz CT molecular complexity index is 2590. The van der Waals surface area contributed by atoms with Crippen LogP contribution in [0.3, 0.4) is 0 Å². The van der Waals surface area contributed by atoms with E-state index in [0.29, 0.717) is 67.9 Å². The van der Waals surface area contributed by atoms with E-state index in [9.17, 15) is 9.59 Å². The number of hydrogen-bond donors (Lipinski definition) is 3. The number of thioether (sulfide) groups is 1. The number of nitrogens with one attached hydrogen (secondary N) is 3. The number of H-pyrrole nitrogens is 1. The third kappa shape index (κ3) is 9.99. The van der Waals surface area contributed by atoms with Crippen molar-refractivity contribution in [1.29, 1.82) is 0 Å². The Balaban J connectivity index is 1.01. The fourth-order valence-electron chi connectivity index (χ4n) is 8.22. The minimum Gasteiger partial charge on any atom is -0.497 e. The zero-order valence-corrected chi connectivity index (χ0v) is 38.2. The lowest BCUT2D eigenvalue weighted by atomic mass is 9.71. The number of allylic oxidation sites excluding steroid dienone is 2. The second-order valence-corrected chi connectivity index (χ2v) is 18.9. The summed E-state index contributed by atoms with van der Waals surface area (Å²) in [7, 11) is 1.66. The summed E-state index contributed by atoms with van der Waals surface area (Å²) in [4.78, 5) is 51.4. The molecule has 3 aromatic heterocycles. The molecule has 3 N–H and O–H groups in total. The number of para-hydroxylation sites is 1. The molecule has 6 aromatic rings. The van der Waals surface area contributed by atoms with E-state index in [4.69, 9.17) is 9.84 Å². The van der Waals surface area contributed by atoms with Gasteiger partial charge in [-0.05, 0) is 80.5 Å². The van der Waals surface area contributed by atoms with Crippen molar-refractivity contribution in [2.75, 3.05) is 49.3 Å². The molecule has 1 atom stereocenters. The first kappa shape index (κ1) is 43.7. The molecule has 8 rings (SSSR count). The quantitative estimate of drug-likeness (QED) is 0.0604. The van der Waals surface area contributed by atoms with Gasteiger partial charge in [0.15, 0.2) is 0 Å². The second-order valence-electron chi connectivity index (χ2n) is 17.0. The third-order valence-electron chi connectivity index (χ3n) is 12.3. The SMILES string of the molecule is CCC(CC(C)(C)/C(C)=C\Cc1cc(NC(=O)CSc2n[nH]c(C3CC3)n2)n(-c2ccccc2)n1)(NC(=O)c1csc2ccccc12)C(=O)N1CCN(c2ccc(OC)cc2)CC1. The first-order chi connectivity index (χ1) is 30.4. The number of aromatic nitrogens is 5. The van der Waals surface area contributed by atoms with E-state index >= 15 is 4.79 Å². The number of piperazine rings is 1. The van der Waals surface area contributed by atoms with E-state index < -0.39 is 11.0 Å². The summed E-state index contributed by atoms with van der Waals surface area (Å²) in [6.45, 7) is 10.7. The number of hydrogen-bond acceptors (Lipinski definition) is 10. The zero-order chi connectivity index (χ0) is 44.1. The van der Waals surface area contributed by atoms with Crippen LogP contribution < -0.4 is 20.3 Å². The van der Waals surface area contributed by atoms with Gasteiger partial charge in [-0.25, -0.2) is 9.67 Å². The van der Waals surface area contributed by atoms with Crippen LogP contribution in [0.1, 0.15) is 81.2 Å². The molecule has 328 valence electrons. The maximum atomic E-state index is 15.0. The minimum absolute atomic E-state index is 0.0697. The Morgan fingerprint density at radius 3 is 2.41 bits per heavy atom. The highest BCUT2D eigenvalue weighted by Crippen LogP contribution is 2.40. The minimum atomic E-state index is -1.18. The largest absolute Gasteiger partial charge is 0.497 e. The summed E-state index contributed by atoms with van der Waals surface area (Å²) in [5.74, 6) is 2.35. The molecular weight excluding hydrogens is 831 g/mol. The predicted octanol–water partition coefficient (Wildman–Crippen LogP) is 8.65. The number of thiophene rings is 1. The molecule has 4 heterocycles. The number of benzene rings is 3. The van der Waals surface area contributed by atoms with Gasteiger partial charge in [-0.1, -0.05) is 80.6 Å². The summed E-state index contributed by atoms with van der Waals surface area (Å²) in [5, 5.41) is 22.0. The summed E-state index contributed by atoms with van der Waals surface area (Å²) in [5.41, 5.74) is 2.60. The number of nitrogens with zero attached hydrogens (tertiary/aromatic N) is 6. The molecule has 2 aliphatic rings. The van der Waals surface area contributed by atoms with Crippen molar-refractivity contribution in [1.82, 2.24) is 35.2 Å². The van der Waals surface area contributed by atoms with Gasteiger partial charge < -0.3 is 25.2 Å². The molecule has 0 bridgehead atoms. The molecule has 1 saturated heterocycles. The lowest BCUT2D eigenvalue weighted by Crippen LogP contribution is -2.63. The van der Waals surface area contributed by atoms with E-state index in [1.54, 1.807) is 11.8 Å².